The van der Waals surface area contributed by atoms with E-state index < -0.39 is 0 Å². The van der Waals surface area contributed by atoms with Crippen LogP contribution in [0.1, 0.15) is 12.8 Å². The molecule has 0 saturated carbocycles. The fourth-order valence-corrected chi connectivity index (χ4v) is 1.41. The summed E-state index contributed by atoms with van der Waals surface area (Å²) in [6.45, 7) is 0.872. The van der Waals surface area contributed by atoms with E-state index >= 15 is 0 Å². The van der Waals surface area contributed by atoms with Gasteiger partial charge in [-0.3, -0.25) is 4.79 Å². The Morgan fingerprint density at radius 1 is 1.78 bits per heavy atom. The minimum Gasteiger partial charge on any atom is -0.368 e. The lowest BCUT2D eigenvalue weighted by atomic mass is 10.2. The quantitative estimate of drug-likeness (QED) is 0.502. The molecule has 0 radical (unpaired) electrons. The molecule has 1 atom stereocenters. The van der Waals surface area contributed by atoms with Gasteiger partial charge in [0.15, 0.2) is 0 Å². The van der Waals surface area contributed by atoms with E-state index in [-0.39, 0.29) is 11.9 Å². The van der Waals surface area contributed by atoms with Crippen molar-refractivity contribution in [3.63, 3.8) is 0 Å². The van der Waals surface area contributed by atoms with Crippen molar-refractivity contribution in [3.05, 3.63) is 0 Å². The average molecular weight is 146 g/mol. The SMILES string of the molecule is NC(=O)C1CCCN1S. The van der Waals surface area contributed by atoms with Crippen LogP contribution >= 0.6 is 12.8 Å². The molecule has 0 spiro atoms. The van der Waals surface area contributed by atoms with Crippen molar-refractivity contribution >= 4 is 18.7 Å². The number of rotatable bonds is 1. The van der Waals surface area contributed by atoms with Gasteiger partial charge >= 0.3 is 0 Å². The van der Waals surface area contributed by atoms with Crippen LogP contribution in [0.4, 0.5) is 0 Å². The molecule has 0 bridgehead atoms. The highest BCUT2D eigenvalue weighted by molar-refractivity contribution is 7.77. The summed E-state index contributed by atoms with van der Waals surface area (Å²) < 4.78 is 1.70. The number of carbonyl (C=O) groups is 1. The summed E-state index contributed by atoms with van der Waals surface area (Å²) in [6.07, 6.45) is 1.88. The van der Waals surface area contributed by atoms with Gasteiger partial charge in [-0.15, -0.1) is 0 Å². The lowest BCUT2D eigenvalue weighted by molar-refractivity contribution is -0.120. The summed E-state index contributed by atoms with van der Waals surface area (Å²) in [4.78, 5) is 10.5. The molecule has 0 aliphatic carbocycles. The van der Waals surface area contributed by atoms with E-state index in [9.17, 15) is 4.79 Å². The molecule has 0 aromatic carbocycles. The predicted octanol–water partition coefficient (Wildman–Crippen LogP) is -0.219. The third-order valence-electron chi connectivity index (χ3n) is 1.55. The number of thiol groups is 1. The number of hydrogen-bond acceptors (Lipinski definition) is 3. The van der Waals surface area contributed by atoms with Crippen molar-refractivity contribution in [1.29, 1.82) is 0 Å². The number of nitrogens with zero attached hydrogens (tertiary/aromatic N) is 1. The molecule has 1 unspecified atom stereocenters. The van der Waals surface area contributed by atoms with Crippen LogP contribution in [0.3, 0.4) is 0 Å². The number of carbonyl (C=O) groups excluding carboxylic acids is 1. The Bertz CT molecular complexity index is 128. The molecule has 1 fully saturated rings. The maximum absolute atomic E-state index is 10.5. The summed E-state index contributed by atoms with van der Waals surface area (Å²) in [7, 11) is 0. The van der Waals surface area contributed by atoms with Crippen molar-refractivity contribution in [2.45, 2.75) is 18.9 Å². The number of amides is 1. The molecule has 1 rings (SSSR count). The third kappa shape index (κ3) is 1.37. The molecule has 52 valence electrons. The first-order valence-electron chi connectivity index (χ1n) is 2.96. The summed E-state index contributed by atoms with van der Waals surface area (Å²) >= 11 is 4.06. The second-order valence-electron chi connectivity index (χ2n) is 2.22. The van der Waals surface area contributed by atoms with Crippen LogP contribution < -0.4 is 5.73 Å². The largest absolute Gasteiger partial charge is 0.368 e. The van der Waals surface area contributed by atoms with Gasteiger partial charge in [-0.05, 0) is 12.8 Å². The number of nitrogens with two attached hydrogens (primary N) is 1. The fraction of sp³-hybridized carbons (Fsp3) is 0.800. The van der Waals surface area contributed by atoms with E-state index in [1.165, 1.54) is 0 Å². The fourth-order valence-electron chi connectivity index (χ4n) is 1.04. The molecule has 0 aromatic heterocycles. The molecule has 1 amide bonds. The van der Waals surface area contributed by atoms with Gasteiger partial charge in [-0.2, -0.15) is 0 Å². The molecular formula is C5H10N2OS. The molecule has 0 aromatic rings. The van der Waals surface area contributed by atoms with Crippen LogP contribution in [0, 0.1) is 0 Å². The molecule has 9 heavy (non-hydrogen) atoms. The molecule has 1 aliphatic heterocycles. The van der Waals surface area contributed by atoms with E-state index in [1.807, 2.05) is 0 Å². The summed E-state index contributed by atoms with van der Waals surface area (Å²) in [5.74, 6) is -0.262. The minimum atomic E-state index is -0.262. The highest BCUT2D eigenvalue weighted by Gasteiger charge is 2.26. The smallest absolute Gasteiger partial charge is 0.235 e. The summed E-state index contributed by atoms with van der Waals surface area (Å²) in [5, 5.41) is 0. The van der Waals surface area contributed by atoms with Gasteiger partial charge in [-0.25, -0.2) is 4.31 Å². The zero-order chi connectivity index (χ0) is 6.85. The van der Waals surface area contributed by atoms with Crippen LogP contribution in [0.25, 0.3) is 0 Å². The van der Waals surface area contributed by atoms with Crippen molar-refractivity contribution in [2.24, 2.45) is 5.73 Å². The first-order chi connectivity index (χ1) is 4.22. The van der Waals surface area contributed by atoms with Crippen molar-refractivity contribution in [2.75, 3.05) is 6.54 Å². The lowest BCUT2D eigenvalue weighted by Gasteiger charge is -2.12. The van der Waals surface area contributed by atoms with Crippen molar-refractivity contribution < 1.29 is 4.79 Å². The van der Waals surface area contributed by atoms with Crippen LogP contribution in [0.15, 0.2) is 0 Å². The Morgan fingerprint density at radius 3 is 2.67 bits per heavy atom. The van der Waals surface area contributed by atoms with Crippen LogP contribution in [0.2, 0.25) is 0 Å². The van der Waals surface area contributed by atoms with Crippen LogP contribution in [0.5, 0.6) is 0 Å². The third-order valence-corrected chi connectivity index (χ3v) is 2.03. The Morgan fingerprint density at radius 2 is 2.44 bits per heavy atom. The molecule has 1 aliphatic rings. The molecule has 1 heterocycles. The second-order valence-corrected chi connectivity index (χ2v) is 2.74. The Balaban J connectivity index is 2.49. The second kappa shape index (κ2) is 2.58. The van der Waals surface area contributed by atoms with E-state index in [1.54, 1.807) is 4.31 Å². The van der Waals surface area contributed by atoms with Gasteiger partial charge in [0, 0.05) is 6.54 Å². The molecule has 2 N–H and O–H groups in total. The van der Waals surface area contributed by atoms with E-state index in [0.29, 0.717) is 0 Å². The van der Waals surface area contributed by atoms with Gasteiger partial charge < -0.3 is 5.73 Å². The number of primary amides is 1. The molecule has 1 saturated heterocycles. The number of hydrogen-bond donors (Lipinski definition) is 2. The first-order valence-corrected chi connectivity index (χ1v) is 3.36. The van der Waals surface area contributed by atoms with Gasteiger partial charge in [0.2, 0.25) is 5.91 Å². The van der Waals surface area contributed by atoms with Crippen LogP contribution in [-0.2, 0) is 4.79 Å². The first kappa shape index (κ1) is 6.89. The molecular weight excluding hydrogens is 136 g/mol. The lowest BCUT2D eigenvalue weighted by Crippen LogP contribution is -2.34. The maximum Gasteiger partial charge on any atom is 0.235 e. The zero-order valence-corrected chi connectivity index (χ0v) is 5.97. The van der Waals surface area contributed by atoms with Gasteiger partial charge in [0.25, 0.3) is 0 Å². The van der Waals surface area contributed by atoms with Crippen LogP contribution in [-0.4, -0.2) is 22.8 Å². The zero-order valence-electron chi connectivity index (χ0n) is 5.08. The normalized spacial score (nSPS) is 28.8. The Kier molecular flexibility index (Phi) is 1.97. The molecule has 4 heteroatoms. The Hall–Kier alpha value is -0.220. The predicted molar refractivity (Wildman–Crippen MR) is 37.9 cm³/mol. The van der Waals surface area contributed by atoms with E-state index in [2.05, 4.69) is 12.8 Å². The standard InChI is InChI=1S/C5H10N2OS/c6-5(8)4-2-1-3-7(4)9/h4,9H,1-3H2,(H2,6,8). The van der Waals surface area contributed by atoms with Gasteiger partial charge in [-0.1, -0.05) is 12.8 Å². The summed E-state index contributed by atoms with van der Waals surface area (Å²) in [6, 6.07) is -0.131. The minimum absolute atomic E-state index is 0.131. The Labute approximate surface area is 59.7 Å². The monoisotopic (exact) mass is 146 g/mol. The summed E-state index contributed by atoms with van der Waals surface area (Å²) in [5.41, 5.74) is 5.06. The highest BCUT2D eigenvalue weighted by atomic mass is 32.1. The van der Waals surface area contributed by atoms with Crippen molar-refractivity contribution in [1.82, 2.24) is 4.31 Å². The highest BCUT2D eigenvalue weighted by Crippen LogP contribution is 2.17. The topological polar surface area (TPSA) is 46.3 Å². The van der Waals surface area contributed by atoms with E-state index in [0.717, 1.165) is 19.4 Å². The van der Waals surface area contributed by atoms with E-state index in [4.69, 9.17) is 5.73 Å². The van der Waals surface area contributed by atoms with Gasteiger partial charge in [0.1, 0.15) is 0 Å². The average Bonchev–Trinajstić information content (AvgIpc) is 2.13. The maximum atomic E-state index is 10.5. The van der Waals surface area contributed by atoms with Crippen molar-refractivity contribution in [3.8, 4) is 0 Å². The van der Waals surface area contributed by atoms with Gasteiger partial charge in [0.05, 0.1) is 6.04 Å². The molecule has 3 nitrogen and oxygen atoms in total.